The van der Waals surface area contributed by atoms with E-state index in [0.717, 1.165) is 18.3 Å². The lowest BCUT2D eigenvalue weighted by Crippen LogP contribution is -2.14. The Morgan fingerprint density at radius 2 is 1.76 bits per heavy atom. The smallest absolute Gasteiger partial charge is 0.356 e. The Bertz CT molecular complexity index is 1200. The number of alkyl halides is 3. The fraction of sp³-hybridized carbons (Fsp3) is 0.0526. The molecule has 4 rings (SSSR count). The highest BCUT2D eigenvalue weighted by Crippen LogP contribution is 2.40. The molecule has 0 bridgehead atoms. The van der Waals surface area contributed by atoms with Gasteiger partial charge in [0.25, 0.3) is 0 Å². The minimum atomic E-state index is -4.79. The van der Waals surface area contributed by atoms with Crippen LogP contribution in [0.1, 0.15) is 5.69 Å². The molecule has 10 heteroatoms. The van der Waals surface area contributed by atoms with Crippen molar-refractivity contribution in [2.24, 2.45) is 0 Å². The maximum Gasteiger partial charge on any atom is 0.434 e. The minimum absolute atomic E-state index is 0.0796. The van der Waals surface area contributed by atoms with Crippen LogP contribution in [0.3, 0.4) is 0 Å². The van der Waals surface area contributed by atoms with Crippen molar-refractivity contribution in [1.82, 2.24) is 14.9 Å². The largest absolute Gasteiger partial charge is 0.434 e. The second kappa shape index (κ2) is 7.20. The average Bonchev–Trinajstić information content (AvgIpc) is 3.28. The predicted octanol–water partition coefficient (Wildman–Crippen LogP) is 6.66. The van der Waals surface area contributed by atoms with Crippen LogP contribution in [-0.2, 0) is 6.18 Å². The van der Waals surface area contributed by atoms with Crippen molar-refractivity contribution in [2.75, 3.05) is 0 Å². The molecule has 4 nitrogen and oxygen atoms in total. The Kier molecular flexibility index (Phi) is 4.84. The molecule has 0 aliphatic rings. The molecule has 0 saturated carbocycles. The number of halogens is 6. The number of hydrogen-bond donors (Lipinski definition) is 0. The summed E-state index contributed by atoms with van der Waals surface area (Å²) in [6, 6.07) is 10.6. The lowest BCUT2D eigenvalue weighted by molar-refractivity contribution is -0.142. The standard InChI is InChI=1S/C19H9Cl2F4N3O/c20-10-4-5-13(15(21)6-10)16-8-17(29-27-16)14-9-26-28(18(14)19(23,24)25)12-3-1-2-11(22)7-12/h1-9H. The molecule has 0 aliphatic heterocycles. The zero-order valence-corrected chi connectivity index (χ0v) is 15.7. The average molecular weight is 442 g/mol. The molecule has 148 valence electrons. The van der Waals surface area contributed by atoms with E-state index in [2.05, 4.69) is 10.3 Å². The van der Waals surface area contributed by atoms with Crippen LogP contribution in [0.5, 0.6) is 0 Å². The molecular formula is C19H9Cl2F4N3O. The summed E-state index contributed by atoms with van der Waals surface area (Å²) in [5.74, 6) is -0.854. The number of rotatable bonds is 3. The number of nitrogens with zero attached hydrogens (tertiary/aromatic N) is 3. The Morgan fingerprint density at radius 3 is 2.45 bits per heavy atom. The second-order valence-corrected chi connectivity index (χ2v) is 6.84. The molecule has 0 aliphatic carbocycles. The topological polar surface area (TPSA) is 43.9 Å². The van der Waals surface area contributed by atoms with Crippen LogP contribution in [0.4, 0.5) is 17.6 Å². The van der Waals surface area contributed by atoms with Crippen LogP contribution in [-0.4, -0.2) is 14.9 Å². The van der Waals surface area contributed by atoms with Crippen LogP contribution in [0.2, 0.25) is 10.0 Å². The van der Waals surface area contributed by atoms with Crippen LogP contribution in [0.15, 0.2) is 59.3 Å². The van der Waals surface area contributed by atoms with Crippen molar-refractivity contribution in [3.63, 3.8) is 0 Å². The summed E-state index contributed by atoms with van der Waals surface area (Å²) in [4.78, 5) is 0. The zero-order chi connectivity index (χ0) is 20.8. The van der Waals surface area contributed by atoms with E-state index >= 15 is 0 Å². The molecule has 2 aromatic carbocycles. The summed E-state index contributed by atoms with van der Waals surface area (Å²) < 4.78 is 60.6. The Hall–Kier alpha value is -2.84. The van der Waals surface area contributed by atoms with Gasteiger partial charge in [0.05, 0.1) is 22.5 Å². The SMILES string of the molecule is Fc1cccc(-n2ncc(-c3cc(-c4ccc(Cl)cc4Cl)no3)c2C(F)(F)F)c1. The molecule has 0 spiro atoms. The summed E-state index contributed by atoms with van der Waals surface area (Å²) in [5, 5.41) is 8.25. The molecule has 29 heavy (non-hydrogen) atoms. The van der Waals surface area contributed by atoms with Crippen LogP contribution < -0.4 is 0 Å². The lowest BCUT2D eigenvalue weighted by atomic mass is 10.1. The summed E-state index contributed by atoms with van der Waals surface area (Å²) in [6.45, 7) is 0. The van der Waals surface area contributed by atoms with Crippen molar-refractivity contribution in [3.8, 4) is 28.3 Å². The van der Waals surface area contributed by atoms with Crippen LogP contribution in [0, 0.1) is 5.82 Å². The van der Waals surface area contributed by atoms with Gasteiger partial charge in [-0.3, -0.25) is 0 Å². The summed E-state index contributed by atoms with van der Waals surface area (Å²) >= 11 is 12.0. The first-order chi connectivity index (χ1) is 13.7. The van der Waals surface area contributed by atoms with Crippen LogP contribution >= 0.6 is 23.2 Å². The Morgan fingerprint density at radius 1 is 0.966 bits per heavy atom. The van der Waals surface area contributed by atoms with Gasteiger partial charge in [-0.1, -0.05) is 34.4 Å². The van der Waals surface area contributed by atoms with Crippen molar-refractivity contribution >= 4 is 23.2 Å². The first-order valence-electron chi connectivity index (χ1n) is 8.08. The zero-order valence-electron chi connectivity index (χ0n) is 14.2. The first-order valence-corrected chi connectivity index (χ1v) is 8.83. The van der Waals surface area contributed by atoms with Crippen molar-refractivity contribution in [3.05, 3.63) is 76.3 Å². The van der Waals surface area contributed by atoms with Gasteiger partial charge in [-0.15, -0.1) is 0 Å². The van der Waals surface area contributed by atoms with Crippen molar-refractivity contribution < 1.29 is 22.1 Å². The highest BCUT2D eigenvalue weighted by molar-refractivity contribution is 6.36. The lowest BCUT2D eigenvalue weighted by Gasteiger charge is -2.11. The van der Waals surface area contributed by atoms with E-state index in [-0.39, 0.29) is 27.7 Å². The van der Waals surface area contributed by atoms with Gasteiger partial charge in [-0.25, -0.2) is 9.07 Å². The van der Waals surface area contributed by atoms with E-state index in [9.17, 15) is 17.6 Å². The second-order valence-electron chi connectivity index (χ2n) is 6.00. The number of aromatic nitrogens is 3. The summed E-state index contributed by atoms with van der Waals surface area (Å²) in [5.41, 5.74) is -0.867. The number of benzene rings is 2. The fourth-order valence-corrected chi connectivity index (χ4v) is 3.34. The van der Waals surface area contributed by atoms with E-state index in [1.807, 2.05) is 0 Å². The fourth-order valence-electron chi connectivity index (χ4n) is 2.83. The van der Waals surface area contributed by atoms with Gasteiger partial charge in [0, 0.05) is 16.7 Å². The molecule has 0 atom stereocenters. The third-order valence-corrected chi connectivity index (χ3v) is 4.62. The van der Waals surface area contributed by atoms with Gasteiger partial charge in [0.1, 0.15) is 11.5 Å². The summed E-state index contributed by atoms with van der Waals surface area (Å²) in [7, 11) is 0. The van der Waals surface area contributed by atoms with Gasteiger partial charge >= 0.3 is 6.18 Å². The Balaban J connectivity index is 1.83. The predicted molar refractivity (Wildman–Crippen MR) is 99.5 cm³/mol. The highest BCUT2D eigenvalue weighted by Gasteiger charge is 2.40. The third-order valence-electron chi connectivity index (χ3n) is 4.07. The minimum Gasteiger partial charge on any atom is -0.356 e. The maximum absolute atomic E-state index is 13.8. The molecule has 0 radical (unpaired) electrons. The summed E-state index contributed by atoms with van der Waals surface area (Å²) in [6.07, 6.45) is -3.80. The molecule has 2 heterocycles. The van der Waals surface area contributed by atoms with E-state index in [1.54, 1.807) is 12.1 Å². The monoisotopic (exact) mass is 441 g/mol. The molecule has 0 saturated heterocycles. The van der Waals surface area contributed by atoms with E-state index in [0.29, 0.717) is 15.3 Å². The molecule has 0 amide bonds. The molecule has 2 aromatic heterocycles. The molecule has 0 fully saturated rings. The third kappa shape index (κ3) is 3.73. The van der Waals surface area contributed by atoms with Gasteiger partial charge in [-0.05, 0) is 36.4 Å². The van der Waals surface area contributed by atoms with Gasteiger partial charge in [0.15, 0.2) is 11.5 Å². The quantitative estimate of drug-likeness (QED) is 0.334. The number of hydrogen-bond acceptors (Lipinski definition) is 3. The van der Waals surface area contributed by atoms with Crippen molar-refractivity contribution in [1.29, 1.82) is 0 Å². The normalized spacial score (nSPS) is 11.8. The molecule has 0 unspecified atom stereocenters. The van der Waals surface area contributed by atoms with Gasteiger partial charge in [0.2, 0.25) is 0 Å². The molecule has 0 N–H and O–H groups in total. The van der Waals surface area contributed by atoms with Gasteiger partial charge in [-0.2, -0.15) is 18.3 Å². The van der Waals surface area contributed by atoms with E-state index in [1.165, 1.54) is 24.3 Å². The van der Waals surface area contributed by atoms with E-state index in [4.69, 9.17) is 27.7 Å². The first kappa shape index (κ1) is 19.5. The molecule has 4 aromatic rings. The van der Waals surface area contributed by atoms with Gasteiger partial charge < -0.3 is 4.52 Å². The Labute approximate surface area is 171 Å². The maximum atomic E-state index is 13.8. The van der Waals surface area contributed by atoms with E-state index < -0.39 is 17.7 Å². The highest BCUT2D eigenvalue weighted by atomic mass is 35.5. The van der Waals surface area contributed by atoms with Crippen molar-refractivity contribution in [2.45, 2.75) is 6.18 Å². The molecular weight excluding hydrogens is 433 g/mol. The van der Waals surface area contributed by atoms with Crippen LogP contribution in [0.25, 0.3) is 28.3 Å².